The van der Waals surface area contributed by atoms with Crippen LogP contribution in [-0.4, -0.2) is 7.42 Å². The maximum absolute atomic E-state index is 5.57. The van der Waals surface area contributed by atoms with Gasteiger partial charge in [-0.2, -0.15) is 0 Å². The largest absolute Gasteiger partial charge is 0.457 e. The smallest absolute Gasteiger partial charge is 0.273 e. The number of hydrogen-bond acceptors (Lipinski definition) is 1. The van der Waals surface area contributed by atoms with Crippen LogP contribution >= 0.6 is 22.2 Å². The lowest BCUT2D eigenvalue weighted by atomic mass is 9.84. The maximum Gasteiger partial charge on any atom is 0.273 e. The van der Waals surface area contributed by atoms with Crippen molar-refractivity contribution in [1.29, 1.82) is 0 Å². The zero-order chi connectivity index (χ0) is 13.7. The molecular formula is C15H21Cl2OSi. The summed E-state index contributed by atoms with van der Waals surface area (Å²) < 4.78 is 5.57. The molecule has 0 amide bonds. The first-order valence-corrected chi connectivity index (χ1v) is 10.9. The second-order valence-corrected chi connectivity index (χ2v) is 9.72. The highest BCUT2D eigenvalue weighted by molar-refractivity contribution is 7.33. The molecule has 1 radical (unpaired) electrons. The van der Waals surface area contributed by atoms with Crippen molar-refractivity contribution in [3.05, 3.63) is 23.8 Å². The molecule has 0 aliphatic heterocycles. The normalized spacial score (nSPS) is 16.8. The van der Waals surface area contributed by atoms with Crippen LogP contribution in [0.4, 0.5) is 0 Å². The average molecular weight is 316 g/mol. The van der Waals surface area contributed by atoms with Gasteiger partial charge in [0.25, 0.3) is 7.42 Å². The number of halogens is 2. The van der Waals surface area contributed by atoms with Gasteiger partial charge in [-0.15, -0.1) is 22.2 Å². The van der Waals surface area contributed by atoms with E-state index in [0.717, 1.165) is 29.5 Å². The fourth-order valence-electron chi connectivity index (χ4n) is 2.73. The highest BCUT2D eigenvalue weighted by Gasteiger charge is 2.19. The van der Waals surface area contributed by atoms with Crippen molar-refractivity contribution in [3.8, 4) is 0 Å². The molecule has 2 heterocycles. The van der Waals surface area contributed by atoms with E-state index in [9.17, 15) is 0 Å². The van der Waals surface area contributed by atoms with Crippen LogP contribution in [0.1, 0.15) is 56.9 Å². The Morgan fingerprint density at radius 3 is 2.37 bits per heavy atom. The lowest BCUT2D eigenvalue weighted by Crippen LogP contribution is -2.03. The lowest BCUT2D eigenvalue weighted by Gasteiger charge is -2.20. The molecule has 2 aromatic heterocycles. The van der Waals surface area contributed by atoms with E-state index >= 15 is 0 Å². The summed E-state index contributed by atoms with van der Waals surface area (Å²) in [7, 11) is -0.941. The molecule has 19 heavy (non-hydrogen) atoms. The molecule has 105 valence electrons. The summed E-state index contributed by atoms with van der Waals surface area (Å²) >= 11 is 10.9. The van der Waals surface area contributed by atoms with Gasteiger partial charge in [-0.1, -0.05) is 32.6 Å². The molecule has 0 saturated heterocycles. The van der Waals surface area contributed by atoms with Crippen LogP contribution in [0.2, 0.25) is 6.04 Å². The Labute approximate surface area is 126 Å². The molecule has 1 aliphatic carbocycles. The molecule has 3 rings (SSSR count). The third-order valence-corrected chi connectivity index (χ3v) is 5.70. The van der Waals surface area contributed by atoms with E-state index in [1.165, 1.54) is 37.7 Å². The monoisotopic (exact) mass is 315 g/mol. The van der Waals surface area contributed by atoms with Crippen molar-refractivity contribution >= 4 is 40.7 Å². The molecule has 0 aromatic carbocycles. The average Bonchev–Trinajstić information content (AvgIpc) is 3.02. The van der Waals surface area contributed by atoms with Crippen LogP contribution in [0.15, 0.2) is 22.6 Å². The summed E-state index contributed by atoms with van der Waals surface area (Å²) in [4.78, 5) is 0. The van der Waals surface area contributed by atoms with Crippen LogP contribution < -0.4 is 0 Å². The third-order valence-electron chi connectivity index (χ3n) is 3.69. The first-order chi connectivity index (χ1) is 9.20. The minimum absolute atomic E-state index is 0.784. The number of furan rings is 2. The van der Waals surface area contributed by atoms with Gasteiger partial charge in [-0.25, -0.2) is 0 Å². The van der Waals surface area contributed by atoms with E-state index < -0.39 is 7.42 Å². The first-order valence-electron chi connectivity index (χ1n) is 7.19. The SMILES string of the molecule is CCC[Si](Cl)Cl.c1cc2oc1cc2C1CCCCC1. The number of rotatable bonds is 3. The van der Waals surface area contributed by atoms with Crippen LogP contribution in [0.25, 0.3) is 11.2 Å². The van der Waals surface area contributed by atoms with Crippen LogP contribution in [0.5, 0.6) is 0 Å². The van der Waals surface area contributed by atoms with Crippen molar-refractivity contribution in [2.24, 2.45) is 0 Å². The van der Waals surface area contributed by atoms with Crippen LogP contribution in [-0.2, 0) is 0 Å². The Bertz CT molecular complexity index is 463. The fraction of sp³-hybridized carbons (Fsp3) is 0.600. The van der Waals surface area contributed by atoms with E-state index in [2.05, 4.69) is 25.1 Å². The standard InChI is InChI=1S/C12H14O.C3H7Cl2Si/c1-2-4-9(5-3-1)11-8-10-6-7-12(11)13-10;1-2-3-6(4)5/h6-9H,1-5H2;2-3H2,1H3. The zero-order valence-corrected chi connectivity index (χ0v) is 13.9. The fourth-order valence-corrected chi connectivity index (χ4v) is 4.24. The highest BCUT2D eigenvalue weighted by atomic mass is 35.7. The van der Waals surface area contributed by atoms with Crippen LogP contribution in [0, 0.1) is 0 Å². The summed E-state index contributed by atoms with van der Waals surface area (Å²) in [6.07, 6.45) is 8.05. The molecule has 0 atom stereocenters. The summed E-state index contributed by atoms with van der Waals surface area (Å²) in [5, 5.41) is 0. The molecule has 0 N–H and O–H groups in total. The molecule has 1 nitrogen and oxygen atoms in total. The van der Waals surface area contributed by atoms with Crippen molar-refractivity contribution in [3.63, 3.8) is 0 Å². The Balaban J connectivity index is 0.000000192. The van der Waals surface area contributed by atoms with E-state index in [1.54, 1.807) is 0 Å². The second-order valence-electron chi connectivity index (χ2n) is 5.23. The summed E-state index contributed by atoms with van der Waals surface area (Å²) in [5.41, 5.74) is 3.65. The number of fused-ring (bicyclic) bond motifs is 2. The number of benzene rings is 1. The summed E-state index contributed by atoms with van der Waals surface area (Å²) in [5.74, 6) is 0.784. The molecule has 1 fully saturated rings. The van der Waals surface area contributed by atoms with Gasteiger partial charge in [0.05, 0.1) is 0 Å². The van der Waals surface area contributed by atoms with E-state index in [-0.39, 0.29) is 0 Å². The minimum Gasteiger partial charge on any atom is -0.457 e. The summed E-state index contributed by atoms with van der Waals surface area (Å²) in [6.45, 7) is 2.08. The van der Waals surface area contributed by atoms with Gasteiger partial charge in [0.1, 0.15) is 11.2 Å². The van der Waals surface area contributed by atoms with Crippen molar-refractivity contribution in [2.45, 2.75) is 57.4 Å². The lowest BCUT2D eigenvalue weighted by molar-refractivity contribution is 0.444. The predicted molar refractivity (Wildman–Crippen MR) is 85.8 cm³/mol. The maximum atomic E-state index is 5.57. The Morgan fingerprint density at radius 1 is 1.21 bits per heavy atom. The van der Waals surface area contributed by atoms with E-state index in [0.29, 0.717) is 0 Å². The van der Waals surface area contributed by atoms with E-state index in [4.69, 9.17) is 26.6 Å². The molecular weight excluding hydrogens is 295 g/mol. The van der Waals surface area contributed by atoms with E-state index in [1.807, 2.05) is 0 Å². The van der Waals surface area contributed by atoms with Gasteiger partial charge in [-0.05, 0) is 43.0 Å². The second kappa shape index (κ2) is 7.56. The van der Waals surface area contributed by atoms with Gasteiger partial charge >= 0.3 is 0 Å². The molecule has 4 heteroatoms. The van der Waals surface area contributed by atoms with Gasteiger partial charge in [0.15, 0.2) is 0 Å². The Morgan fingerprint density at radius 2 is 1.95 bits per heavy atom. The predicted octanol–water partition coefficient (Wildman–Crippen LogP) is 6.28. The highest BCUT2D eigenvalue weighted by Crippen LogP contribution is 2.37. The zero-order valence-electron chi connectivity index (χ0n) is 11.4. The molecule has 2 aromatic rings. The molecule has 0 unspecified atom stereocenters. The van der Waals surface area contributed by atoms with Gasteiger partial charge < -0.3 is 4.42 Å². The van der Waals surface area contributed by atoms with Gasteiger partial charge in [0, 0.05) is 5.56 Å². The quantitative estimate of drug-likeness (QED) is 0.480. The van der Waals surface area contributed by atoms with Gasteiger partial charge in [-0.3, -0.25) is 0 Å². The number of hydrogen-bond donors (Lipinski definition) is 0. The van der Waals surface area contributed by atoms with Crippen molar-refractivity contribution in [1.82, 2.24) is 0 Å². The van der Waals surface area contributed by atoms with Crippen LogP contribution in [0.3, 0.4) is 0 Å². The minimum atomic E-state index is -0.941. The molecule has 2 bridgehead atoms. The summed E-state index contributed by atoms with van der Waals surface area (Å²) in [6, 6.07) is 7.40. The molecule has 0 spiro atoms. The molecule has 1 aliphatic rings. The Kier molecular flexibility index (Phi) is 6.05. The van der Waals surface area contributed by atoms with Crippen molar-refractivity contribution < 1.29 is 4.42 Å². The molecule has 1 saturated carbocycles. The van der Waals surface area contributed by atoms with Gasteiger partial charge in [0.2, 0.25) is 0 Å². The van der Waals surface area contributed by atoms with Crippen molar-refractivity contribution in [2.75, 3.05) is 0 Å². The third kappa shape index (κ3) is 4.40. The Hall–Kier alpha value is -0.183. The topological polar surface area (TPSA) is 13.1 Å². The first kappa shape index (κ1) is 15.2.